The molecule has 186 valence electrons. The number of nitrogens with zero attached hydrogens (tertiary/aromatic N) is 3. The maximum absolute atomic E-state index is 13.1. The molecule has 2 fully saturated rings. The summed E-state index contributed by atoms with van der Waals surface area (Å²) < 4.78 is 39.3. The van der Waals surface area contributed by atoms with E-state index in [2.05, 4.69) is 0 Å². The number of carbonyl (C=O) groups is 2. The first kappa shape index (κ1) is 24.5. The maximum atomic E-state index is 13.1. The molecule has 34 heavy (non-hydrogen) atoms. The summed E-state index contributed by atoms with van der Waals surface area (Å²) in [4.78, 5) is 38.4. The number of likely N-dealkylation sites (tertiary alicyclic amines) is 1. The zero-order valence-corrected chi connectivity index (χ0v) is 20.4. The molecule has 1 aromatic heterocycles. The quantitative estimate of drug-likeness (QED) is 0.562. The molecule has 0 spiro atoms. The Morgan fingerprint density at radius 2 is 1.88 bits per heavy atom. The van der Waals surface area contributed by atoms with Gasteiger partial charge in [-0.1, -0.05) is 0 Å². The van der Waals surface area contributed by atoms with Crippen molar-refractivity contribution >= 4 is 33.0 Å². The summed E-state index contributed by atoms with van der Waals surface area (Å²) in [6, 6.07) is 4.44. The molecule has 2 aliphatic rings. The van der Waals surface area contributed by atoms with Gasteiger partial charge in [-0.05, 0) is 50.7 Å². The van der Waals surface area contributed by atoms with Gasteiger partial charge in [0.1, 0.15) is 0 Å². The average molecular weight is 494 g/mol. The molecule has 1 amide bonds. The Morgan fingerprint density at radius 3 is 2.59 bits per heavy atom. The summed E-state index contributed by atoms with van der Waals surface area (Å²) >= 11 is 0. The van der Waals surface area contributed by atoms with Gasteiger partial charge >= 0.3 is 11.7 Å². The Kier molecular flexibility index (Phi) is 7.13. The van der Waals surface area contributed by atoms with E-state index in [1.165, 1.54) is 21.0 Å². The summed E-state index contributed by atoms with van der Waals surface area (Å²) in [5.41, 5.74) is 0.765. The summed E-state index contributed by atoms with van der Waals surface area (Å²) in [6.45, 7) is 3.78. The number of esters is 1. The Labute approximate surface area is 198 Å². The molecule has 2 saturated heterocycles. The van der Waals surface area contributed by atoms with Crippen LogP contribution in [-0.2, 0) is 31.4 Å². The van der Waals surface area contributed by atoms with Gasteiger partial charge in [0.2, 0.25) is 15.9 Å². The van der Waals surface area contributed by atoms with E-state index in [9.17, 15) is 22.8 Å². The Bertz CT molecular complexity index is 1220. The standard InChI is InChI=1S/C23H31N3O7S/c1-3-32-22(28)17-5-4-10-25(15-17)21(27)13-16-8-11-26(12-9-16)34(30,31)18-6-7-19-20(14-18)33-23(29)24(19)2/h6-7,14,16-17H,3-5,8-13,15H2,1-2H3. The van der Waals surface area contributed by atoms with Crippen molar-refractivity contribution in [3.8, 4) is 0 Å². The van der Waals surface area contributed by atoms with Crippen LogP contribution in [0.15, 0.2) is 32.3 Å². The van der Waals surface area contributed by atoms with Crippen LogP contribution < -0.4 is 5.76 Å². The van der Waals surface area contributed by atoms with E-state index in [0.29, 0.717) is 57.6 Å². The molecule has 1 aromatic carbocycles. The highest BCUT2D eigenvalue weighted by atomic mass is 32.2. The van der Waals surface area contributed by atoms with Gasteiger partial charge in [0.15, 0.2) is 5.58 Å². The minimum absolute atomic E-state index is 0.0138. The molecule has 2 aromatic rings. The highest BCUT2D eigenvalue weighted by Crippen LogP contribution is 2.28. The fourth-order valence-electron chi connectivity index (χ4n) is 4.81. The van der Waals surface area contributed by atoms with Crippen LogP contribution in [-0.4, -0.2) is 66.9 Å². The van der Waals surface area contributed by atoms with Crippen molar-refractivity contribution in [1.82, 2.24) is 13.8 Å². The number of piperidine rings is 2. The van der Waals surface area contributed by atoms with Gasteiger partial charge < -0.3 is 14.1 Å². The van der Waals surface area contributed by atoms with Crippen LogP contribution in [0.2, 0.25) is 0 Å². The number of hydrogen-bond acceptors (Lipinski definition) is 7. The van der Waals surface area contributed by atoms with Crippen molar-refractivity contribution in [2.45, 2.75) is 43.9 Å². The number of carbonyl (C=O) groups excluding carboxylic acids is 2. The number of hydrogen-bond donors (Lipinski definition) is 0. The predicted molar refractivity (Wildman–Crippen MR) is 123 cm³/mol. The maximum Gasteiger partial charge on any atom is 0.419 e. The largest absolute Gasteiger partial charge is 0.466 e. The van der Waals surface area contributed by atoms with E-state index >= 15 is 0 Å². The Balaban J connectivity index is 1.34. The van der Waals surface area contributed by atoms with Gasteiger partial charge in [0.25, 0.3) is 0 Å². The van der Waals surface area contributed by atoms with Crippen LogP contribution in [0.5, 0.6) is 0 Å². The predicted octanol–water partition coefficient (Wildman–Crippen LogP) is 1.72. The number of oxazole rings is 1. The Morgan fingerprint density at radius 1 is 1.15 bits per heavy atom. The van der Waals surface area contributed by atoms with Crippen molar-refractivity contribution in [2.75, 3.05) is 32.8 Å². The second-order valence-corrected chi connectivity index (χ2v) is 11.0. The van der Waals surface area contributed by atoms with Crippen LogP contribution in [0.3, 0.4) is 0 Å². The van der Waals surface area contributed by atoms with Gasteiger partial charge in [-0.15, -0.1) is 0 Å². The first-order valence-corrected chi connectivity index (χ1v) is 13.2. The van der Waals surface area contributed by atoms with E-state index in [1.54, 1.807) is 24.9 Å². The van der Waals surface area contributed by atoms with E-state index < -0.39 is 15.8 Å². The highest BCUT2D eigenvalue weighted by Gasteiger charge is 2.33. The monoisotopic (exact) mass is 493 g/mol. The van der Waals surface area contributed by atoms with Crippen molar-refractivity contribution in [2.24, 2.45) is 18.9 Å². The molecule has 0 aliphatic carbocycles. The molecule has 3 heterocycles. The molecule has 10 nitrogen and oxygen atoms in total. The molecular formula is C23H31N3O7S. The number of fused-ring (bicyclic) bond motifs is 1. The fourth-order valence-corrected chi connectivity index (χ4v) is 6.30. The van der Waals surface area contributed by atoms with Gasteiger partial charge in [-0.2, -0.15) is 4.31 Å². The third-order valence-corrected chi connectivity index (χ3v) is 8.73. The average Bonchev–Trinajstić information content (AvgIpc) is 3.12. The zero-order valence-electron chi connectivity index (χ0n) is 19.6. The molecular weight excluding hydrogens is 462 g/mol. The zero-order chi connectivity index (χ0) is 24.5. The van der Waals surface area contributed by atoms with Crippen molar-refractivity contribution in [1.29, 1.82) is 0 Å². The molecule has 1 atom stereocenters. The summed E-state index contributed by atoms with van der Waals surface area (Å²) in [6.07, 6.45) is 3.03. The molecule has 11 heteroatoms. The number of rotatable bonds is 6. The van der Waals surface area contributed by atoms with Crippen molar-refractivity contribution in [3.63, 3.8) is 0 Å². The lowest BCUT2D eigenvalue weighted by Crippen LogP contribution is -2.44. The molecule has 0 N–H and O–H groups in total. The van der Waals surface area contributed by atoms with Gasteiger partial charge in [0, 0.05) is 45.7 Å². The lowest BCUT2D eigenvalue weighted by Gasteiger charge is -2.34. The van der Waals surface area contributed by atoms with Crippen molar-refractivity contribution < 1.29 is 27.2 Å². The summed E-state index contributed by atoms with van der Waals surface area (Å²) in [5.74, 6) is -0.948. The number of aryl methyl sites for hydroxylation is 1. The summed E-state index contributed by atoms with van der Waals surface area (Å²) in [5, 5.41) is 0. The van der Waals surface area contributed by atoms with Gasteiger partial charge in [0.05, 0.1) is 22.9 Å². The second kappa shape index (κ2) is 9.91. The third kappa shape index (κ3) is 4.90. The van der Waals surface area contributed by atoms with E-state index in [-0.39, 0.29) is 34.2 Å². The second-order valence-electron chi connectivity index (χ2n) is 9.04. The summed E-state index contributed by atoms with van der Waals surface area (Å²) in [7, 11) is -2.17. The van der Waals surface area contributed by atoms with Crippen LogP contribution in [0.25, 0.3) is 11.1 Å². The number of sulfonamides is 1. The third-order valence-electron chi connectivity index (χ3n) is 6.83. The topological polar surface area (TPSA) is 119 Å². The molecule has 1 unspecified atom stereocenters. The highest BCUT2D eigenvalue weighted by molar-refractivity contribution is 7.89. The lowest BCUT2D eigenvalue weighted by atomic mass is 9.92. The van der Waals surface area contributed by atoms with Crippen molar-refractivity contribution in [3.05, 3.63) is 28.7 Å². The van der Waals surface area contributed by atoms with Crippen LogP contribution in [0.4, 0.5) is 0 Å². The molecule has 0 bridgehead atoms. The first-order valence-electron chi connectivity index (χ1n) is 11.7. The Hall–Kier alpha value is -2.66. The smallest absolute Gasteiger partial charge is 0.419 e. The molecule has 4 rings (SSSR count). The minimum Gasteiger partial charge on any atom is -0.466 e. The molecule has 2 aliphatic heterocycles. The number of amides is 1. The van der Waals surface area contributed by atoms with Crippen LogP contribution >= 0.6 is 0 Å². The van der Waals surface area contributed by atoms with Gasteiger partial charge in [-0.25, -0.2) is 13.2 Å². The number of ether oxygens (including phenoxy) is 1. The van der Waals surface area contributed by atoms with Crippen LogP contribution in [0.1, 0.15) is 39.0 Å². The normalized spacial score (nSPS) is 20.5. The van der Waals surface area contributed by atoms with E-state index in [0.717, 1.165) is 12.8 Å². The molecule has 0 radical (unpaired) electrons. The minimum atomic E-state index is -3.74. The van der Waals surface area contributed by atoms with E-state index in [1.807, 2.05) is 0 Å². The SMILES string of the molecule is CCOC(=O)C1CCCN(C(=O)CC2CCN(S(=O)(=O)c3ccc4c(c3)oc(=O)n4C)CC2)C1. The van der Waals surface area contributed by atoms with Gasteiger partial charge in [-0.3, -0.25) is 14.2 Å². The number of benzene rings is 1. The number of aromatic nitrogens is 1. The molecule has 0 saturated carbocycles. The first-order chi connectivity index (χ1) is 16.2. The van der Waals surface area contributed by atoms with E-state index in [4.69, 9.17) is 9.15 Å². The fraction of sp³-hybridized carbons (Fsp3) is 0.609. The lowest BCUT2D eigenvalue weighted by molar-refractivity contribution is -0.151. The van der Waals surface area contributed by atoms with Crippen LogP contribution in [0, 0.1) is 11.8 Å².